The van der Waals surface area contributed by atoms with Crippen molar-refractivity contribution in [2.75, 3.05) is 6.54 Å². The lowest BCUT2D eigenvalue weighted by Crippen LogP contribution is -2.19. The fourth-order valence-corrected chi connectivity index (χ4v) is 1.43. The number of rotatable bonds is 4. The van der Waals surface area contributed by atoms with E-state index in [2.05, 4.69) is 5.32 Å². The van der Waals surface area contributed by atoms with Crippen LogP contribution in [0.3, 0.4) is 0 Å². The number of alkyl halides is 3. The van der Waals surface area contributed by atoms with Crippen LogP contribution in [0.25, 0.3) is 6.08 Å². The minimum atomic E-state index is -4.54. The van der Waals surface area contributed by atoms with Gasteiger partial charge in [0.1, 0.15) is 6.29 Å². The molecule has 0 aliphatic rings. The Balaban J connectivity index is 3.00. The predicted molar refractivity (Wildman–Crippen MR) is 64.5 cm³/mol. The molecule has 19 heavy (non-hydrogen) atoms. The van der Waals surface area contributed by atoms with Gasteiger partial charge in [-0.25, -0.2) is 0 Å². The van der Waals surface area contributed by atoms with E-state index in [1.54, 1.807) is 0 Å². The molecule has 0 fully saturated rings. The summed E-state index contributed by atoms with van der Waals surface area (Å²) < 4.78 is 38.3. The van der Waals surface area contributed by atoms with Gasteiger partial charge in [-0.3, -0.25) is 9.59 Å². The normalized spacial score (nSPS) is 11.6. The number of hydrogen-bond acceptors (Lipinski definition) is 2. The molecule has 6 heteroatoms. The van der Waals surface area contributed by atoms with E-state index in [1.165, 1.54) is 31.2 Å². The van der Waals surface area contributed by atoms with E-state index < -0.39 is 11.7 Å². The first-order valence-corrected chi connectivity index (χ1v) is 5.42. The molecule has 0 aliphatic heterocycles. The number of amides is 1. The first kappa shape index (κ1) is 14.9. The summed E-state index contributed by atoms with van der Waals surface area (Å²) >= 11 is 0. The zero-order valence-electron chi connectivity index (χ0n) is 10.1. The van der Waals surface area contributed by atoms with Crippen molar-refractivity contribution in [1.29, 1.82) is 0 Å². The number of hydrogen-bond donors (Lipinski definition) is 1. The lowest BCUT2D eigenvalue weighted by molar-refractivity contribution is -0.137. The van der Waals surface area contributed by atoms with Crippen molar-refractivity contribution in [2.24, 2.45) is 0 Å². The Hall–Kier alpha value is -2.11. The van der Waals surface area contributed by atoms with E-state index in [0.717, 1.165) is 6.07 Å². The molecule has 102 valence electrons. The van der Waals surface area contributed by atoms with Gasteiger partial charge in [0.25, 0.3) is 0 Å². The molecular formula is C13H12F3NO2. The van der Waals surface area contributed by atoms with Crippen LogP contribution in [0.15, 0.2) is 24.3 Å². The van der Waals surface area contributed by atoms with Gasteiger partial charge in [0.15, 0.2) is 0 Å². The van der Waals surface area contributed by atoms with E-state index in [1.807, 2.05) is 0 Å². The van der Waals surface area contributed by atoms with Crippen LogP contribution in [-0.2, 0) is 11.0 Å². The highest BCUT2D eigenvalue weighted by molar-refractivity contribution is 5.76. The van der Waals surface area contributed by atoms with Crippen LogP contribution in [0, 0.1) is 0 Å². The van der Waals surface area contributed by atoms with E-state index in [-0.39, 0.29) is 23.6 Å². The predicted octanol–water partition coefficient (Wildman–Crippen LogP) is 2.67. The van der Waals surface area contributed by atoms with Crippen molar-refractivity contribution >= 4 is 18.3 Å². The largest absolute Gasteiger partial charge is 0.417 e. The van der Waals surface area contributed by atoms with E-state index in [9.17, 15) is 22.8 Å². The second kappa shape index (κ2) is 6.17. The third-order valence-corrected chi connectivity index (χ3v) is 2.29. The third kappa shape index (κ3) is 4.57. The van der Waals surface area contributed by atoms with Crippen molar-refractivity contribution in [2.45, 2.75) is 13.1 Å². The summed E-state index contributed by atoms with van der Waals surface area (Å²) in [7, 11) is 0. The molecule has 0 bridgehead atoms. The highest BCUT2D eigenvalue weighted by atomic mass is 19.4. The Bertz CT molecular complexity index is 507. The van der Waals surface area contributed by atoms with Crippen LogP contribution in [0.1, 0.15) is 28.4 Å². The maximum Gasteiger partial charge on any atom is 0.417 e. The Kier molecular flexibility index (Phi) is 4.86. The summed E-state index contributed by atoms with van der Waals surface area (Å²) in [6.07, 6.45) is -1.51. The first-order chi connectivity index (χ1) is 8.84. The quantitative estimate of drug-likeness (QED) is 0.856. The van der Waals surface area contributed by atoms with Gasteiger partial charge in [-0.1, -0.05) is 24.3 Å². The third-order valence-electron chi connectivity index (χ3n) is 2.29. The van der Waals surface area contributed by atoms with Crippen LogP contribution >= 0.6 is 0 Å². The van der Waals surface area contributed by atoms with Crippen LogP contribution < -0.4 is 5.32 Å². The topological polar surface area (TPSA) is 46.2 Å². The molecule has 1 aromatic rings. The number of halogens is 3. The zero-order valence-corrected chi connectivity index (χ0v) is 10.1. The number of nitrogens with one attached hydrogen (secondary N) is 1. The maximum absolute atomic E-state index is 12.8. The Morgan fingerprint density at radius 2 is 2.05 bits per heavy atom. The number of benzene rings is 1. The van der Waals surface area contributed by atoms with Gasteiger partial charge in [0, 0.05) is 19.0 Å². The molecule has 1 aromatic carbocycles. The molecule has 1 N–H and O–H groups in total. The molecule has 3 nitrogen and oxygen atoms in total. The van der Waals surface area contributed by atoms with Gasteiger partial charge < -0.3 is 5.32 Å². The van der Waals surface area contributed by atoms with Gasteiger partial charge in [0.2, 0.25) is 5.91 Å². The first-order valence-electron chi connectivity index (χ1n) is 5.42. The minimum Gasteiger partial charge on any atom is -0.353 e. The number of carbonyl (C=O) groups excluding carboxylic acids is 2. The molecule has 0 saturated heterocycles. The molecule has 0 spiro atoms. The molecule has 0 unspecified atom stereocenters. The molecular weight excluding hydrogens is 259 g/mol. The second-order valence-corrected chi connectivity index (χ2v) is 3.80. The van der Waals surface area contributed by atoms with E-state index in [0.29, 0.717) is 6.29 Å². The highest BCUT2D eigenvalue weighted by Crippen LogP contribution is 2.33. The molecule has 0 heterocycles. The standard InChI is InChI=1S/C13H12F3NO2/c1-9(19)17-6-2-3-11-5-4-10(8-18)7-12(11)13(14,15)16/h2-5,7-8H,6H2,1H3,(H,17,19). The molecule has 0 radical (unpaired) electrons. The van der Waals surface area contributed by atoms with Crippen molar-refractivity contribution in [3.63, 3.8) is 0 Å². The fraction of sp³-hybridized carbons (Fsp3) is 0.231. The Labute approximate surface area is 108 Å². The minimum absolute atomic E-state index is 0.0358. The molecule has 0 saturated carbocycles. The molecule has 1 amide bonds. The van der Waals surface area contributed by atoms with Gasteiger partial charge in [-0.05, 0) is 11.6 Å². The zero-order chi connectivity index (χ0) is 14.5. The van der Waals surface area contributed by atoms with Crippen molar-refractivity contribution in [3.05, 3.63) is 41.0 Å². The fourth-order valence-electron chi connectivity index (χ4n) is 1.43. The average Bonchev–Trinajstić information content (AvgIpc) is 2.33. The van der Waals surface area contributed by atoms with Crippen molar-refractivity contribution < 1.29 is 22.8 Å². The molecule has 1 rings (SSSR count). The van der Waals surface area contributed by atoms with Crippen LogP contribution in [0.2, 0.25) is 0 Å². The average molecular weight is 271 g/mol. The molecule has 0 aliphatic carbocycles. The number of carbonyl (C=O) groups is 2. The monoisotopic (exact) mass is 271 g/mol. The van der Waals surface area contributed by atoms with Gasteiger partial charge in [-0.15, -0.1) is 0 Å². The summed E-state index contributed by atoms with van der Waals surface area (Å²) in [5, 5.41) is 2.43. The van der Waals surface area contributed by atoms with Gasteiger partial charge in [-0.2, -0.15) is 13.2 Å². The lowest BCUT2D eigenvalue weighted by Gasteiger charge is -2.10. The number of aldehydes is 1. The summed E-state index contributed by atoms with van der Waals surface area (Å²) in [6, 6.07) is 3.32. The van der Waals surface area contributed by atoms with Crippen LogP contribution in [-0.4, -0.2) is 18.7 Å². The summed E-state index contributed by atoms with van der Waals surface area (Å²) in [6.45, 7) is 1.45. The van der Waals surface area contributed by atoms with Crippen molar-refractivity contribution in [1.82, 2.24) is 5.32 Å². The lowest BCUT2D eigenvalue weighted by atomic mass is 10.0. The highest BCUT2D eigenvalue weighted by Gasteiger charge is 2.32. The Morgan fingerprint density at radius 3 is 2.58 bits per heavy atom. The second-order valence-electron chi connectivity index (χ2n) is 3.80. The maximum atomic E-state index is 12.8. The SMILES string of the molecule is CC(=O)NCC=Cc1ccc(C=O)cc1C(F)(F)F. The summed E-state index contributed by atoms with van der Waals surface area (Å²) in [5.74, 6) is -0.267. The van der Waals surface area contributed by atoms with E-state index >= 15 is 0 Å². The van der Waals surface area contributed by atoms with Gasteiger partial charge >= 0.3 is 6.18 Å². The summed E-state index contributed by atoms with van der Waals surface area (Å²) in [5.41, 5.74) is -0.967. The summed E-state index contributed by atoms with van der Waals surface area (Å²) in [4.78, 5) is 21.1. The van der Waals surface area contributed by atoms with Gasteiger partial charge in [0.05, 0.1) is 5.56 Å². The van der Waals surface area contributed by atoms with Crippen LogP contribution in [0.4, 0.5) is 13.2 Å². The van der Waals surface area contributed by atoms with Crippen molar-refractivity contribution in [3.8, 4) is 0 Å². The van der Waals surface area contributed by atoms with Crippen LogP contribution in [0.5, 0.6) is 0 Å². The Morgan fingerprint density at radius 1 is 1.37 bits per heavy atom. The molecule has 0 aromatic heterocycles. The smallest absolute Gasteiger partial charge is 0.353 e. The molecule has 0 atom stereocenters. The van der Waals surface area contributed by atoms with E-state index in [4.69, 9.17) is 0 Å².